The zero-order chi connectivity index (χ0) is 43.0. The van der Waals surface area contributed by atoms with Crippen LogP contribution in [-0.4, -0.2) is 19.1 Å². The second kappa shape index (κ2) is 13.3. The Kier molecular flexibility index (Phi) is 7.42. The molecule has 13 aromatic rings. The SMILES string of the molecule is CC1(C)c2ccccc2-c2ccc(-c3nc4ccccc4nc3-c3cc(-n4c5ccccc5c5cc6ccc(-n7c8ccccc8c8ccccc87)cc6cc54)c4ccccc4c3)cc21. The van der Waals surface area contributed by atoms with Gasteiger partial charge in [0.25, 0.3) is 0 Å². The lowest BCUT2D eigenvalue weighted by Crippen LogP contribution is -2.15. The number of fused-ring (bicyclic) bond motifs is 12. The van der Waals surface area contributed by atoms with Crippen LogP contribution in [0.25, 0.3) is 121 Å². The van der Waals surface area contributed by atoms with Gasteiger partial charge in [0.05, 0.1) is 50.2 Å². The average molecular weight is 829 g/mol. The van der Waals surface area contributed by atoms with Crippen molar-refractivity contribution >= 4 is 76.2 Å². The standard InChI is InChI=1S/C61H40N4/c1-61(2)50-21-9-5-17-44(50)45-30-28-39(34-51(45)61)59-60(63-53-23-11-10-22-52(53)62-59)41-31-38-15-3-4-16-43(38)57(36-41)65-56-26-14-8-20-48(56)49-33-37-27-29-42(32-40(37)35-58(49)65)64-54-24-12-6-18-46(54)47-19-7-13-25-55(47)64/h3-36H,1-2H3. The lowest BCUT2D eigenvalue weighted by atomic mass is 9.81. The van der Waals surface area contributed by atoms with E-state index in [0.717, 1.165) is 61.3 Å². The highest BCUT2D eigenvalue weighted by Gasteiger charge is 2.35. The van der Waals surface area contributed by atoms with E-state index in [1.165, 1.54) is 71.0 Å². The summed E-state index contributed by atoms with van der Waals surface area (Å²) in [6, 6.07) is 75.4. The molecule has 0 unspecified atom stereocenters. The number of para-hydroxylation sites is 5. The van der Waals surface area contributed by atoms with Gasteiger partial charge in [0.2, 0.25) is 0 Å². The molecule has 1 aliphatic rings. The number of nitrogens with zero attached hydrogens (tertiary/aromatic N) is 4. The molecule has 0 spiro atoms. The number of benzene rings is 10. The van der Waals surface area contributed by atoms with E-state index in [-0.39, 0.29) is 5.41 Å². The maximum Gasteiger partial charge on any atom is 0.0974 e. The molecule has 0 atom stereocenters. The van der Waals surface area contributed by atoms with E-state index in [1.54, 1.807) is 0 Å². The molecule has 0 saturated heterocycles. The second-order valence-corrected chi connectivity index (χ2v) is 18.2. The maximum absolute atomic E-state index is 5.49. The predicted octanol–water partition coefficient (Wildman–Crippen LogP) is 15.8. The Morgan fingerprint density at radius 2 is 0.938 bits per heavy atom. The van der Waals surface area contributed by atoms with Gasteiger partial charge >= 0.3 is 0 Å². The van der Waals surface area contributed by atoms with Gasteiger partial charge in [-0.15, -0.1) is 0 Å². The summed E-state index contributed by atoms with van der Waals surface area (Å²) in [5.74, 6) is 0. The normalized spacial score (nSPS) is 13.2. The van der Waals surface area contributed by atoms with Crippen LogP contribution in [-0.2, 0) is 5.41 Å². The largest absolute Gasteiger partial charge is 0.309 e. The summed E-state index contributed by atoms with van der Waals surface area (Å²) < 4.78 is 4.89. The lowest BCUT2D eigenvalue weighted by molar-refractivity contribution is 0.660. The van der Waals surface area contributed by atoms with Crippen molar-refractivity contribution in [3.63, 3.8) is 0 Å². The van der Waals surface area contributed by atoms with E-state index in [9.17, 15) is 0 Å². The van der Waals surface area contributed by atoms with Gasteiger partial charge in [-0.25, -0.2) is 9.97 Å². The van der Waals surface area contributed by atoms with Crippen LogP contribution in [0.5, 0.6) is 0 Å². The Labute approximate surface area is 375 Å². The zero-order valence-electron chi connectivity index (χ0n) is 35.9. The van der Waals surface area contributed by atoms with Gasteiger partial charge < -0.3 is 9.13 Å². The summed E-state index contributed by atoms with van der Waals surface area (Å²) in [5, 5.41) is 9.67. The Morgan fingerprint density at radius 1 is 0.354 bits per heavy atom. The third kappa shape index (κ3) is 5.19. The molecule has 0 N–H and O–H groups in total. The van der Waals surface area contributed by atoms with Crippen molar-refractivity contribution in [2.45, 2.75) is 19.3 Å². The van der Waals surface area contributed by atoms with Crippen LogP contribution in [0.2, 0.25) is 0 Å². The van der Waals surface area contributed by atoms with Crippen LogP contribution < -0.4 is 0 Å². The summed E-state index contributed by atoms with van der Waals surface area (Å²) in [6.45, 7) is 4.68. The van der Waals surface area contributed by atoms with E-state index in [0.29, 0.717) is 0 Å². The zero-order valence-corrected chi connectivity index (χ0v) is 35.9. The summed E-state index contributed by atoms with van der Waals surface area (Å²) in [7, 11) is 0. The molecule has 304 valence electrons. The molecule has 3 heterocycles. The van der Waals surface area contributed by atoms with Crippen LogP contribution >= 0.6 is 0 Å². The molecule has 65 heavy (non-hydrogen) atoms. The van der Waals surface area contributed by atoms with Gasteiger partial charge in [-0.3, -0.25) is 0 Å². The van der Waals surface area contributed by atoms with Crippen LogP contribution in [0.4, 0.5) is 0 Å². The summed E-state index contributed by atoms with van der Waals surface area (Å²) in [4.78, 5) is 10.9. The fourth-order valence-electron chi connectivity index (χ4n) is 11.2. The average Bonchev–Trinajstić information content (AvgIpc) is 3.94. The van der Waals surface area contributed by atoms with Crippen molar-refractivity contribution in [3.8, 4) is 45.0 Å². The Morgan fingerprint density at radius 3 is 1.68 bits per heavy atom. The first-order valence-corrected chi connectivity index (χ1v) is 22.5. The first kappa shape index (κ1) is 36.2. The molecule has 0 amide bonds. The molecular weight excluding hydrogens is 789 g/mol. The van der Waals surface area contributed by atoms with Crippen molar-refractivity contribution in [3.05, 3.63) is 217 Å². The van der Waals surface area contributed by atoms with Gasteiger partial charge in [-0.1, -0.05) is 147 Å². The lowest BCUT2D eigenvalue weighted by Gasteiger charge is -2.22. The molecule has 0 saturated carbocycles. The van der Waals surface area contributed by atoms with Crippen molar-refractivity contribution < 1.29 is 0 Å². The highest BCUT2D eigenvalue weighted by Crippen LogP contribution is 2.50. The first-order valence-electron chi connectivity index (χ1n) is 22.5. The molecular formula is C61H40N4. The Bertz CT molecular complexity index is 4110. The summed E-state index contributed by atoms with van der Waals surface area (Å²) >= 11 is 0. The van der Waals surface area contributed by atoms with Gasteiger partial charge in [-0.2, -0.15) is 0 Å². The molecule has 4 heteroatoms. The van der Waals surface area contributed by atoms with Crippen LogP contribution in [0.3, 0.4) is 0 Å². The van der Waals surface area contributed by atoms with Gasteiger partial charge in [0, 0.05) is 49.2 Å². The topological polar surface area (TPSA) is 35.6 Å². The number of hydrogen-bond acceptors (Lipinski definition) is 2. The number of aromatic nitrogens is 4. The molecule has 14 rings (SSSR count). The molecule has 0 radical (unpaired) electrons. The van der Waals surface area contributed by atoms with Gasteiger partial charge in [0.15, 0.2) is 0 Å². The molecule has 4 nitrogen and oxygen atoms in total. The molecule has 0 fully saturated rings. The van der Waals surface area contributed by atoms with E-state index < -0.39 is 0 Å². The fourth-order valence-corrected chi connectivity index (χ4v) is 11.2. The third-order valence-corrected chi connectivity index (χ3v) is 14.2. The van der Waals surface area contributed by atoms with Crippen molar-refractivity contribution in [1.82, 2.24) is 19.1 Å². The highest BCUT2D eigenvalue weighted by atomic mass is 15.0. The van der Waals surface area contributed by atoms with Crippen molar-refractivity contribution in [2.75, 3.05) is 0 Å². The summed E-state index contributed by atoms with van der Waals surface area (Å²) in [5.41, 5.74) is 17.7. The molecule has 10 aromatic carbocycles. The predicted molar refractivity (Wildman–Crippen MR) is 272 cm³/mol. The van der Waals surface area contributed by atoms with Crippen molar-refractivity contribution in [1.29, 1.82) is 0 Å². The third-order valence-electron chi connectivity index (χ3n) is 14.2. The van der Waals surface area contributed by atoms with Crippen molar-refractivity contribution in [2.24, 2.45) is 0 Å². The minimum absolute atomic E-state index is 0.145. The monoisotopic (exact) mass is 828 g/mol. The van der Waals surface area contributed by atoms with Gasteiger partial charge in [-0.05, 0) is 111 Å². The van der Waals surface area contributed by atoms with E-state index in [4.69, 9.17) is 9.97 Å². The number of hydrogen-bond donors (Lipinski definition) is 0. The van der Waals surface area contributed by atoms with E-state index >= 15 is 0 Å². The highest BCUT2D eigenvalue weighted by molar-refractivity contribution is 6.15. The van der Waals surface area contributed by atoms with Crippen LogP contribution in [0, 0.1) is 0 Å². The van der Waals surface area contributed by atoms with Gasteiger partial charge in [0.1, 0.15) is 0 Å². The Hall–Kier alpha value is -8.34. The summed E-state index contributed by atoms with van der Waals surface area (Å²) in [6.07, 6.45) is 0. The first-order chi connectivity index (χ1) is 32.0. The Balaban J connectivity index is 1.01. The van der Waals surface area contributed by atoms with Crippen LogP contribution in [0.1, 0.15) is 25.0 Å². The van der Waals surface area contributed by atoms with Crippen LogP contribution in [0.15, 0.2) is 206 Å². The quantitative estimate of drug-likeness (QED) is 0.177. The molecule has 3 aromatic heterocycles. The molecule has 0 aliphatic heterocycles. The minimum atomic E-state index is -0.145. The second-order valence-electron chi connectivity index (χ2n) is 18.2. The molecule has 1 aliphatic carbocycles. The minimum Gasteiger partial charge on any atom is -0.309 e. The smallest absolute Gasteiger partial charge is 0.0974 e. The van der Waals surface area contributed by atoms with E-state index in [1.807, 2.05) is 0 Å². The number of rotatable bonds is 4. The fraction of sp³-hybridized carbons (Fsp3) is 0.0492. The maximum atomic E-state index is 5.49. The molecule has 0 bridgehead atoms. The van der Waals surface area contributed by atoms with E-state index in [2.05, 4.69) is 229 Å².